The molecule has 1 aromatic heterocycles. The van der Waals surface area contributed by atoms with Crippen molar-refractivity contribution in [3.8, 4) is 0 Å². The Balaban J connectivity index is 1.77. The number of aryl methyl sites for hydroxylation is 2. The van der Waals surface area contributed by atoms with E-state index in [1.807, 2.05) is 48.1 Å². The summed E-state index contributed by atoms with van der Waals surface area (Å²) >= 11 is 0. The minimum absolute atomic E-state index is 0.0279. The number of aromatic nitrogens is 2. The number of imidazole rings is 1. The van der Waals surface area contributed by atoms with E-state index in [1.165, 1.54) is 11.1 Å². The molecule has 0 unspecified atom stereocenters. The Morgan fingerprint density at radius 2 is 1.84 bits per heavy atom. The highest BCUT2D eigenvalue weighted by molar-refractivity contribution is 5.77. The first kappa shape index (κ1) is 17.0. The molecule has 0 fully saturated rings. The first-order chi connectivity index (χ1) is 12.1. The van der Waals surface area contributed by atoms with Gasteiger partial charge in [-0.25, -0.2) is 4.98 Å². The predicted molar refractivity (Wildman–Crippen MR) is 99.1 cm³/mol. The second-order valence-corrected chi connectivity index (χ2v) is 6.26. The van der Waals surface area contributed by atoms with Gasteiger partial charge in [-0.05, 0) is 23.6 Å². The summed E-state index contributed by atoms with van der Waals surface area (Å²) in [5.74, 6) is 0.921. The van der Waals surface area contributed by atoms with E-state index in [9.17, 15) is 4.79 Å². The zero-order valence-electron chi connectivity index (χ0n) is 14.6. The zero-order chi connectivity index (χ0) is 17.6. The number of nitrogens with one attached hydrogen (secondary N) is 1. The van der Waals surface area contributed by atoms with Crippen molar-refractivity contribution in [1.29, 1.82) is 0 Å². The van der Waals surface area contributed by atoms with E-state index in [0.717, 1.165) is 11.4 Å². The number of rotatable bonds is 6. The number of carbonyl (C=O) groups excluding carboxylic acids is 1. The van der Waals surface area contributed by atoms with Crippen molar-refractivity contribution in [3.63, 3.8) is 0 Å². The van der Waals surface area contributed by atoms with Crippen LogP contribution in [0, 0.1) is 6.92 Å². The number of amides is 1. The average Bonchev–Trinajstić information content (AvgIpc) is 3.04. The molecule has 0 bridgehead atoms. The minimum Gasteiger partial charge on any atom is -0.349 e. The lowest BCUT2D eigenvalue weighted by atomic mass is 9.86. The van der Waals surface area contributed by atoms with Crippen LogP contribution in [0.1, 0.15) is 34.9 Å². The highest BCUT2D eigenvalue weighted by atomic mass is 16.1. The Bertz CT molecular complexity index is 839. The lowest BCUT2D eigenvalue weighted by molar-refractivity contribution is -0.121. The summed E-state index contributed by atoms with van der Waals surface area (Å²) in [5.41, 5.74) is 3.55. The molecule has 1 atom stereocenters. The standard InChI is InChI=1S/C21H23N3O/c1-16-8-6-7-11-18(16)19(17-9-4-3-5-10-17)14-21(25)23-15-20-22-12-13-24(20)2/h3-13,19H,14-15H2,1-2H3,(H,23,25)/t19-/m0/s1. The predicted octanol–water partition coefficient (Wildman–Crippen LogP) is 3.57. The molecule has 0 radical (unpaired) electrons. The Morgan fingerprint density at radius 3 is 2.52 bits per heavy atom. The molecule has 4 heteroatoms. The molecule has 1 heterocycles. The third-order valence-electron chi connectivity index (χ3n) is 4.52. The molecule has 25 heavy (non-hydrogen) atoms. The highest BCUT2D eigenvalue weighted by Gasteiger charge is 2.19. The summed E-state index contributed by atoms with van der Waals surface area (Å²) in [7, 11) is 1.93. The Morgan fingerprint density at radius 1 is 1.12 bits per heavy atom. The number of carbonyl (C=O) groups is 1. The fraction of sp³-hybridized carbons (Fsp3) is 0.238. The molecular weight excluding hydrogens is 310 g/mol. The van der Waals surface area contributed by atoms with E-state index in [-0.39, 0.29) is 11.8 Å². The maximum atomic E-state index is 12.6. The first-order valence-electron chi connectivity index (χ1n) is 8.48. The number of hydrogen-bond donors (Lipinski definition) is 1. The highest BCUT2D eigenvalue weighted by Crippen LogP contribution is 2.30. The van der Waals surface area contributed by atoms with Crippen LogP contribution in [-0.4, -0.2) is 15.5 Å². The fourth-order valence-electron chi connectivity index (χ4n) is 3.07. The second kappa shape index (κ2) is 7.79. The van der Waals surface area contributed by atoms with Gasteiger partial charge in [0.25, 0.3) is 0 Å². The smallest absolute Gasteiger partial charge is 0.221 e. The molecule has 0 aliphatic heterocycles. The maximum absolute atomic E-state index is 12.6. The SMILES string of the molecule is Cc1ccccc1[C@@H](CC(=O)NCc1nccn1C)c1ccccc1. The summed E-state index contributed by atoms with van der Waals surface area (Å²) in [6, 6.07) is 18.5. The summed E-state index contributed by atoms with van der Waals surface area (Å²) in [6.07, 6.45) is 4.03. The molecule has 3 rings (SSSR count). The van der Waals surface area contributed by atoms with Gasteiger partial charge in [-0.15, -0.1) is 0 Å². The van der Waals surface area contributed by atoms with E-state index < -0.39 is 0 Å². The van der Waals surface area contributed by atoms with Gasteiger partial charge in [0.05, 0.1) is 6.54 Å². The lowest BCUT2D eigenvalue weighted by Gasteiger charge is -2.20. The van der Waals surface area contributed by atoms with E-state index in [1.54, 1.807) is 6.20 Å². The second-order valence-electron chi connectivity index (χ2n) is 6.26. The van der Waals surface area contributed by atoms with Crippen LogP contribution in [-0.2, 0) is 18.4 Å². The van der Waals surface area contributed by atoms with Crippen LogP contribution in [0.2, 0.25) is 0 Å². The van der Waals surface area contributed by atoms with Gasteiger partial charge in [0.15, 0.2) is 0 Å². The Hall–Kier alpha value is -2.88. The van der Waals surface area contributed by atoms with Crippen molar-refractivity contribution in [2.24, 2.45) is 7.05 Å². The van der Waals surface area contributed by atoms with Gasteiger partial charge in [0, 0.05) is 31.8 Å². The molecule has 3 aromatic rings. The van der Waals surface area contributed by atoms with Gasteiger partial charge in [-0.2, -0.15) is 0 Å². The van der Waals surface area contributed by atoms with Crippen LogP contribution in [0.4, 0.5) is 0 Å². The van der Waals surface area contributed by atoms with Crippen LogP contribution in [0.3, 0.4) is 0 Å². The number of nitrogens with zero attached hydrogens (tertiary/aromatic N) is 2. The van der Waals surface area contributed by atoms with Gasteiger partial charge >= 0.3 is 0 Å². The summed E-state index contributed by atoms with van der Waals surface area (Å²) in [5, 5.41) is 2.99. The van der Waals surface area contributed by atoms with E-state index >= 15 is 0 Å². The Labute approximate surface area is 148 Å². The summed E-state index contributed by atoms with van der Waals surface area (Å²) in [4.78, 5) is 16.8. The molecule has 0 spiro atoms. The molecule has 0 aliphatic carbocycles. The summed E-state index contributed by atoms with van der Waals surface area (Å²) < 4.78 is 1.91. The molecule has 2 aromatic carbocycles. The van der Waals surface area contributed by atoms with Gasteiger partial charge in [-0.3, -0.25) is 4.79 Å². The summed E-state index contributed by atoms with van der Waals surface area (Å²) in [6.45, 7) is 2.54. The molecule has 128 valence electrons. The van der Waals surface area contributed by atoms with Crippen LogP contribution in [0.15, 0.2) is 67.0 Å². The maximum Gasteiger partial charge on any atom is 0.221 e. The normalized spacial score (nSPS) is 11.9. The van der Waals surface area contributed by atoms with Crippen molar-refractivity contribution in [2.45, 2.75) is 25.8 Å². The molecule has 1 N–H and O–H groups in total. The quantitative estimate of drug-likeness (QED) is 0.750. The largest absolute Gasteiger partial charge is 0.349 e. The van der Waals surface area contributed by atoms with Gasteiger partial charge in [0.2, 0.25) is 5.91 Å². The van der Waals surface area contributed by atoms with E-state index in [2.05, 4.69) is 41.5 Å². The average molecular weight is 333 g/mol. The van der Waals surface area contributed by atoms with Crippen LogP contribution >= 0.6 is 0 Å². The topological polar surface area (TPSA) is 46.9 Å². The molecule has 0 saturated carbocycles. The lowest BCUT2D eigenvalue weighted by Crippen LogP contribution is -2.26. The Kier molecular flexibility index (Phi) is 5.29. The van der Waals surface area contributed by atoms with Crippen LogP contribution < -0.4 is 5.32 Å². The molecule has 1 amide bonds. The molecule has 0 aliphatic rings. The molecular formula is C21H23N3O. The van der Waals surface area contributed by atoms with Gasteiger partial charge in [0.1, 0.15) is 5.82 Å². The minimum atomic E-state index is 0.0279. The van der Waals surface area contributed by atoms with Crippen molar-refractivity contribution >= 4 is 5.91 Å². The molecule has 0 saturated heterocycles. The van der Waals surface area contributed by atoms with Crippen molar-refractivity contribution in [2.75, 3.05) is 0 Å². The van der Waals surface area contributed by atoms with E-state index in [0.29, 0.717) is 13.0 Å². The van der Waals surface area contributed by atoms with Crippen LogP contribution in [0.5, 0.6) is 0 Å². The zero-order valence-corrected chi connectivity index (χ0v) is 14.6. The molecule has 4 nitrogen and oxygen atoms in total. The monoisotopic (exact) mass is 333 g/mol. The fourth-order valence-corrected chi connectivity index (χ4v) is 3.07. The van der Waals surface area contributed by atoms with Crippen LogP contribution in [0.25, 0.3) is 0 Å². The van der Waals surface area contributed by atoms with Crippen molar-refractivity contribution in [3.05, 3.63) is 89.5 Å². The number of hydrogen-bond acceptors (Lipinski definition) is 2. The first-order valence-corrected chi connectivity index (χ1v) is 8.48. The number of benzene rings is 2. The third-order valence-corrected chi connectivity index (χ3v) is 4.52. The van der Waals surface area contributed by atoms with Crippen molar-refractivity contribution < 1.29 is 4.79 Å². The third kappa shape index (κ3) is 4.15. The van der Waals surface area contributed by atoms with Gasteiger partial charge < -0.3 is 9.88 Å². The van der Waals surface area contributed by atoms with Crippen molar-refractivity contribution in [1.82, 2.24) is 14.9 Å². The van der Waals surface area contributed by atoms with Gasteiger partial charge in [-0.1, -0.05) is 54.6 Å². The van der Waals surface area contributed by atoms with E-state index in [4.69, 9.17) is 0 Å².